The third-order valence-electron chi connectivity index (χ3n) is 3.50. The number of halogens is 3. The molecule has 0 spiro atoms. The molecular weight excluding hydrogens is 279 g/mol. The lowest BCUT2D eigenvalue weighted by Crippen LogP contribution is -2.34. The number of nitrogens with two attached hydrogens (primary N) is 1. The van der Waals surface area contributed by atoms with Crippen molar-refractivity contribution in [2.45, 2.75) is 18.6 Å². The molecule has 2 aromatic rings. The minimum absolute atomic E-state index is 0.612. The van der Waals surface area contributed by atoms with Gasteiger partial charge in [0.05, 0.1) is 18.2 Å². The first kappa shape index (κ1) is 15.4. The van der Waals surface area contributed by atoms with Gasteiger partial charge in [-0.05, 0) is 42.3 Å². The highest BCUT2D eigenvalue weighted by Gasteiger charge is 2.31. The van der Waals surface area contributed by atoms with E-state index in [1.165, 1.54) is 12.1 Å². The molecule has 2 aromatic carbocycles. The third kappa shape index (κ3) is 3.19. The molecule has 0 aromatic heterocycles. The molecule has 5 heteroatoms. The Morgan fingerprint density at radius 2 is 1.19 bits per heavy atom. The van der Waals surface area contributed by atoms with E-state index >= 15 is 0 Å². The van der Waals surface area contributed by atoms with Gasteiger partial charge in [-0.3, -0.25) is 0 Å². The van der Waals surface area contributed by atoms with Crippen molar-refractivity contribution < 1.29 is 17.9 Å². The lowest BCUT2D eigenvalue weighted by molar-refractivity contribution is -0.137. The molecule has 0 radical (unpaired) electrons. The average molecular weight is 295 g/mol. The Labute approximate surface area is 121 Å². The molecule has 21 heavy (non-hydrogen) atoms. The Kier molecular flexibility index (Phi) is 3.96. The second-order valence-corrected chi connectivity index (χ2v) is 5.01. The zero-order valence-electron chi connectivity index (χ0n) is 11.7. The first-order chi connectivity index (χ1) is 9.75. The first-order valence-corrected chi connectivity index (χ1v) is 6.36. The van der Waals surface area contributed by atoms with E-state index in [1.807, 2.05) is 0 Å². The van der Waals surface area contributed by atoms with E-state index in [2.05, 4.69) is 0 Å². The summed E-state index contributed by atoms with van der Waals surface area (Å²) in [7, 11) is 1.56. The first-order valence-electron chi connectivity index (χ1n) is 6.36. The highest BCUT2D eigenvalue weighted by molar-refractivity contribution is 5.40. The molecule has 2 nitrogen and oxygen atoms in total. The molecule has 0 aliphatic rings. The van der Waals surface area contributed by atoms with Crippen LogP contribution in [0, 0.1) is 0 Å². The van der Waals surface area contributed by atoms with Crippen LogP contribution in [-0.2, 0) is 11.7 Å². The second kappa shape index (κ2) is 5.41. The van der Waals surface area contributed by atoms with Crippen LogP contribution >= 0.6 is 0 Å². The fourth-order valence-corrected chi connectivity index (χ4v) is 2.11. The summed E-state index contributed by atoms with van der Waals surface area (Å²) in [5, 5.41) is 0. The molecule has 0 heterocycles. The SMILES string of the molecule is COc1ccc(C(C)(N)c2ccc(C(F)(F)F)cc2)cc1. The van der Waals surface area contributed by atoms with Crippen LogP contribution in [-0.4, -0.2) is 7.11 Å². The van der Waals surface area contributed by atoms with Crippen LogP contribution in [0.2, 0.25) is 0 Å². The fraction of sp³-hybridized carbons (Fsp3) is 0.250. The molecule has 0 amide bonds. The molecule has 2 N–H and O–H groups in total. The van der Waals surface area contributed by atoms with Gasteiger partial charge in [-0.15, -0.1) is 0 Å². The number of ether oxygens (including phenoxy) is 1. The van der Waals surface area contributed by atoms with Gasteiger partial charge in [0.1, 0.15) is 5.75 Å². The standard InChI is InChI=1S/C16H16F3NO/c1-15(20,12-7-9-14(21-2)10-8-12)11-3-5-13(6-4-11)16(17,18)19/h3-10H,20H2,1-2H3. The van der Waals surface area contributed by atoms with Gasteiger partial charge in [-0.2, -0.15) is 13.2 Å². The van der Waals surface area contributed by atoms with Crippen molar-refractivity contribution in [3.8, 4) is 5.75 Å². The van der Waals surface area contributed by atoms with Crippen molar-refractivity contribution in [3.63, 3.8) is 0 Å². The minimum atomic E-state index is -4.34. The summed E-state index contributed by atoms with van der Waals surface area (Å²) < 4.78 is 42.8. The Balaban J connectivity index is 2.34. The summed E-state index contributed by atoms with van der Waals surface area (Å²) >= 11 is 0. The van der Waals surface area contributed by atoms with E-state index < -0.39 is 17.3 Å². The van der Waals surface area contributed by atoms with E-state index in [4.69, 9.17) is 10.5 Å². The molecule has 1 atom stereocenters. The number of hydrogen-bond acceptors (Lipinski definition) is 2. The summed E-state index contributed by atoms with van der Waals surface area (Å²) in [6.45, 7) is 1.76. The van der Waals surface area contributed by atoms with Crippen LogP contribution in [0.3, 0.4) is 0 Å². The van der Waals surface area contributed by atoms with Crippen molar-refractivity contribution in [1.82, 2.24) is 0 Å². The van der Waals surface area contributed by atoms with Gasteiger partial charge in [0, 0.05) is 0 Å². The highest BCUT2D eigenvalue weighted by atomic mass is 19.4. The molecular formula is C16H16F3NO. The monoisotopic (exact) mass is 295 g/mol. The van der Waals surface area contributed by atoms with Gasteiger partial charge >= 0.3 is 6.18 Å². The van der Waals surface area contributed by atoms with Gasteiger partial charge in [0.15, 0.2) is 0 Å². The van der Waals surface area contributed by atoms with Crippen LogP contribution in [0.25, 0.3) is 0 Å². The predicted molar refractivity (Wildman–Crippen MR) is 75.1 cm³/mol. The predicted octanol–water partition coefficient (Wildman–Crippen LogP) is 3.94. The average Bonchev–Trinajstić information content (AvgIpc) is 2.46. The van der Waals surface area contributed by atoms with Crippen molar-refractivity contribution in [2.75, 3.05) is 7.11 Å². The molecule has 0 fully saturated rings. The van der Waals surface area contributed by atoms with Gasteiger partial charge < -0.3 is 10.5 Å². The number of benzene rings is 2. The highest BCUT2D eigenvalue weighted by Crippen LogP contribution is 2.32. The molecule has 0 aliphatic carbocycles. The zero-order chi connectivity index (χ0) is 15.7. The Hall–Kier alpha value is -2.01. The molecule has 1 unspecified atom stereocenters. The number of hydrogen-bond donors (Lipinski definition) is 1. The lowest BCUT2D eigenvalue weighted by atomic mass is 9.85. The van der Waals surface area contributed by atoms with Crippen LogP contribution in [0.15, 0.2) is 48.5 Å². The fourth-order valence-electron chi connectivity index (χ4n) is 2.11. The maximum Gasteiger partial charge on any atom is 0.416 e. The lowest BCUT2D eigenvalue weighted by Gasteiger charge is -2.26. The number of alkyl halides is 3. The van der Waals surface area contributed by atoms with Crippen LogP contribution < -0.4 is 10.5 Å². The second-order valence-electron chi connectivity index (χ2n) is 5.01. The van der Waals surface area contributed by atoms with Crippen LogP contribution in [0.4, 0.5) is 13.2 Å². The van der Waals surface area contributed by atoms with E-state index in [-0.39, 0.29) is 0 Å². The molecule has 0 saturated carbocycles. The summed E-state index contributed by atoms with van der Waals surface area (Å²) in [5.41, 5.74) is 6.13. The Bertz CT molecular complexity index is 601. The quantitative estimate of drug-likeness (QED) is 0.931. The summed E-state index contributed by atoms with van der Waals surface area (Å²) in [6, 6.07) is 12.1. The molecule has 0 bridgehead atoms. The van der Waals surface area contributed by atoms with E-state index in [1.54, 1.807) is 38.3 Å². The summed E-state index contributed by atoms with van der Waals surface area (Å²) in [5.74, 6) is 0.696. The summed E-state index contributed by atoms with van der Waals surface area (Å²) in [4.78, 5) is 0. The number of rotatable bonds is 3. The third-order valence-corrected chi connectivity index (χ3v) is 3.50. The molecule has 2 rings (SSSR count). The normalized spacial score (nSPS) is 14.6. The van der Waals surface area contributed by atoms with Crippen LogP contribution in [0.1, 0.15) is 23.6 Å². The van der Waals surface area contributed by atoms with E-state index in [0.29, 0.717) is 11.3 Å². The van der Waals surface area contributed by atoms with Crippen LogP contribution in [0.5, 0.6) is 5.75 Å². The minimum Gasteiger partial charge on any atom is -0.497 e. The molecule has 0 saturated heterocycles. The van der Waals surface area contributed by atoms with Crippen molar-refractivity contribution in [2.24, 2.45) is 5.73 Å². The Morgan fingerprint density at radius 1 is 0.810 bits per heavy atom. The van der Waals surface area contributed by atoms with Gasteiger partial charge in [0.2, 0.25) is 0 Å². The maximum atomic E-state index is 12.6. The van der Waals surface area contributed by atoms with Gasteiger partial charge in [0.25, 0.3) is 0 Å². The smallest absolute Gasteiger partial charge is 0.416 e. The maximum absolute atomic E-state index is 12.6. The van der Waals surface area contributed by atoms with Crippen molar-refractivity contribution in [3.05, 3.63) is 65.2 Å². The van der Waals surface area contributed by atoms with Gasteiger partial charge in [-0.1, -0.05) is 24.3 Å². The zero-order valence-corrected chi connectivity index (χ0v) is 11.7. The van der Waals surface area contributed by atoms with Crippen molar-refractivity contribution in [1.29, 1.82) is 0 Å². The number of methoxy groups -OCH3 is 1. The topological polar surface area (TPSA) is 35.2 Å². The van der Waals surface area contributed by atoms with E-state index in [0.717, 1.165) is 17.7 Å². The van der Waals surface area contributed by atoms with Crippen molar-refractivity contribution >= 4 is 0 Å². The Morgan fingerprint density at radius 3 is 1.57 bits per heavy atom. The van der Waals surface area contributed by atoms with E-state index in [9.17, 15) is 13.2 Å². The molecule has 0 aliphatic heterocycles. The summed E-state index contributed by atoms with van der Waals surface area (Å²) in [6.07, 6.45) is -4.34. The molecule has 112 valence electrons. The van der Waals surface area contributed by atoms with Gasteiger partial charge in [-0.25, -0.2) is 0 Å². The largest absolute Gasteiger partial charge is 0.497 e.